The van der Waals surface area contributed by atoms with Crippen molar-refractivity contribution in [2.75, 3.05) is 12.4 Å². The summed E-state index contributed by atoms with van der Waals surface area (Å²) in [6.45, 7) is 1.98. The molecule has 26 heavy (non-hydrogen) atoms. The lowest BCUT2D eigenvalue weighted by Crippen LogP contribution is -2.03. The Morgan fingerprint density at radius 3 is 2.54 bits per heavy atom. The fourth-order valence-electron chi connectivity index (χ4n) is 2.29. The summed E-state index contributed by atoms with van der Waals surface area (Å²) in [4.78, 5) is 20.2. The molecule has 0 bridgehead atoms. The molecule has 0 amide bonds. The zero-order chi connectivity index (χ0) is 18.5. The number of nitrogens with one attached hydrogen (secondary N) is 1. The van der Waals surface area contributed by atoms with E-state index in [4.69, 9.17) is 4.74 Å². The lowest BCUT2D eigenvalue weighted by atomic mass is 10.2. The second-order valence-corrected chi connectivity index (χ2v) is 6.44. The highest BCUT2D eigenvalue weighted by atomic mass is 32.2. The number of nitro groups is 1. The van der Waals surface area contributed by atoms with E-state index in [9.17, 15) is 10.1 Å². The quantitative estimate of drug-likeness (QED) is 0.386. The molecule has 3 aromatic rings. The van der Waals surface area contributed by atoms with Gasteiger partial charge in [0.05, 0.1) is 17.7 Å². The number of anilines is 2. The minimum Gasteiger partial charge on any atom is -0.495 e. The van der Waals surface area contributed by atoms with Crippen LogP contribution >= 0.6 is 11.8 Å². The second-order valence-electron chi connectivity index (χ2n) is 5.37. The van der Waals surface area contributed by atoms with Gasteiger partial charge in [0.15, 0.2) is 5.03 Å². The van der Waals surface area contributed by atoms with Crippen LogP contribution in [0.2, 0.25) is 0 Å². The van der Waals surface area contributed by atoms with E-state index in [-0.39, 0.29) is 16.5 Å². The van der Waals surface area contributed by atoms with Crippen molar-refractivity contribution < 1.29 is 9.66 Å². The Labute approximate surface area is 154 Å². The number of nitrogens with zero attached hydrogens (tertiary/aromatic N) is 3. The number of benzene rings is 2. The van der Waals surface area contributed by atoms with E-state index in [2.05, 4.69) is 15.3 Å². The summed E-state index contributed by atoms with van der Waals surface area (Å²) in [7, 11) is 1.54. The lowest BCUT2D eigenvalue weighted by molar-refractivity contribution is -0.387. The molecule has 3 rings (SSSR count). The van der Waals surface area contributed by atoms with Crippen LogP contribution < -0.4 is 10.1 Å². The second kappa shape index (κ2) is 7.83. The van der Waals surface area contributed by atoms with Gasteiger partial charge in [0, 0.05) is 4.90 Å². The molecule has 2 aromatic carbocycles. The summed E-state index contributed by atoms with van der Waals surface area (Å²) in [5, 5.41) is 14.9. The normalized spacial score (nSPS) is 10.4. The van der Waals surface area contributed by atoms with Crippen molar-refractivity contribution in [3.05, 3.63) is 70.5 Å². The van der Waals surface area contributed by atoms with Gasteiger partial charge >= 0.3 is 5.69 Å². The molecule has 0 fully saturated rings. The van der Waals surface area contributed by atoms with Crippen molar-refractivity contribution >= 4 is 29.0 Å². The monoisotopic (exact) mass is 368 g/mol. The van der Waals surface area contributed by atoms with Crippen molar-refractivity contribution in [2.45, 2.75) is 16.8 Å². The van der Waals surface area contributed by atoms with E-state index in [0.29, 0.717) is 11.4 Å². The molecule has 0 aliphatic heterocycles. The first-order chi connectivity index (χ1) is 12.6. The van der Waals surface area contributed by atoms with Crippen LogP contribution in [-0.2, 0) is 0 Å². The average molecular weight is 368 g/mol. The van der Waals surface area contributed by atoms with Crippen LogP contribution in [-0.4, -0.2) is 22.0 Å². The third kappa shape index (κ3) is 3.92. The third-order valence-corrected chi connectivity index (χ3v) is 4.57. The Balaban J connectivity index is 1.98. The van der Waals surface area contributed by atoms with Gasteiger partial charge in [-0.15, -0.1) is 0 Å². The Morgan fingerprint density at radius 1 is 1.12 bits per heavy atom. The number of aryl methyl sites for hydroxylation is 1. The Morgan fingerprint density at radius 2 is 1.85 bits per heavy atom. The Hall–Kier alpha value is -3.13. The number of ether oxygens (including phenoxy) is 1. The van der Waals surface area contributed by atoms with Crippen molar-refractivity contribution in [1.82, 2.24) is 9.97 Å². The Bertz CT molecular complexity index is 932. The maximum absolute atomic E-state index is 11.7. The first-order valence-corrected chi connectivity index (χ1v) is 8.54. The van der Waals surface area contributed by atoms with E-state index in [1.54, 1.807) is 18.2 Å². The molecule has 8 heteroatoms. The topological polar surface area (TPSA) is 90.2 Å². The minimum absolute atomic E-state index is 0.115. The fraction of sp³-hybridized carbons (Fsp3) is 0.111. The van der Waals surface area contributed by atoms with E-state index in [0.717, 1.165) is 10.5 Å². The van der Waals surface area contributed by atoms with Gasteiger partial charge < -0.3 is 10.1 Å². The molecule has 0 spiro atoms. The van der Waals surface area contributed by atoms with Gasteiger partial charge in [-0.1, -0.05) is 41.6 Å². The standard InChI is InChI=1S/C18H16N4O3S/c1-12-7-9-13(10-8-12)26-18-16(22(23)24)17(19-11-20-18)21-14-5-3-4-6-15(14)25-2/h3-11H,1-2H3,(H,19,20,21). The van der Waals surface area contributed by atoms with Crippen LogP contribution in [0, 0.1) is 17.0 Å². The lowest BCUT2D eigenvalue weighted by Gasteiger charge is -2.11. The highest BCUT2D eigenvalue weighted by Crippen LogP contribution is 2.38. The fourth-order valence-corrected chi connectivity index (χ4v) is 3.15. The zero-order valence-electron chi connectivity index (χ0n) is 14.2. The maximum atomic E-state index is 11.7. The molecule has 1 heterocycles. The molecule has 0 aliphatic carbocycles. The number of rotatable bonds is 6. The van der Waals surface area contributed by atoms with Crippen LogP contribution in [0.1, 0.15) is 5.56 Å². The molecule has 0 radical (unpaired) electrons. The number of para-hydroxylation sites is 2. The van der Waals surface area contributed by atoms with Crippen molar-refractivity contribution in [1.29, 1.82) is 0 Å². The van der Waals surface area contributed by atoms with Crippen molar-refractivity contribution in [3.63, 3.8) is 0 Å². The predicted octanol–water partition coefficient (Wildman–Crippen LogP) is 4.60. The van der Waals surface area contributed by atoms with Crippen molar-refractivity contribution in [3.8, 4) is 5.75 Å². The molecule has 1 aromatic heterocycles. The molecule has 132 valence electrons. The first-order valence-electron chi connectivity index (χ1n) is 7.72. The average Bonchev–Trinajstić information content (AvgIpc) is 2.64. The van der Waals surface area contributed by atoms with E-state index >= 15 is 0 Å². The summed E-state index contributed by atoms with van der Waals surface area (Å²) in [5.41, 5.74) is 1.53. The van der Waals surface area contributed by atoms with Crippen LogP contribution in [0.4, 0.5) is 17.2 Å². The molecule has 0 aliphatic rings. The molecule has 1 N–H and O–H groups in total. The largest absolute Gasteiger partial charge is 0.495 e. The highest BCUT2D eigenvalue weighted by molar-refractivity contribution is 7.99. The number of aromatic nitrogens is 2. The minimum atomic E-state index is -0.478. The van der Waals surface area contributed by atoms with Gasteiger partial charge in [-0.3, -0.25) is 10.1 Å². The SMILES string of the molecule is COc1ccccc1Nc1ncnc(Sc2ccc(C)cc2)c1[N+](=O)[O-]. The highest BCUT2D eigenvalue weighted by Gasteiger charge is 2.24. The summed E-state index contributed by atoms with van der Waals surface area (Å²) in [5.74, 6) is 0.678. The smallest absolute Gasteiger partial charge is 0.343 e. The Kier molecular flexibility index (Phi) is 5.33. The van der Waals surface area contributed by atoms with Gasteiger partial charge in [-0.25, -0.2) is 9.97 Å². The van der Waals surface area contributed by atoms with E-state index in [1.165, 1.54) is 25.2 Å². The van der Waals surface area contributed by atoms with E-state index < -0.39 is 4.92 Å². The molecular weight excluding hydrogens is 352 g/mol. The maximum Gasteiger partial charge on any atom is 0.343 e. The van der Waals surface area contributed by atoms with Crippen molar-refractivity contribution in [2.24, 2.45) is 0 Å². The summed E-state index contributed by atoms with van der Waals surface area (Å²) >= 11 is 1.22. The number of methoxy groups -OCH3 is 1. The van der Waals surface area contributed by atoms with Crippen LogP contribution in [0.5, 0.6) is 5.75 Å². The molecule has 7 nitrogen and oxygen atoms in total. The molecule has 0 atom stereocenters. The van der Waals surface area contributed by atoms with E-state index in [1.807, 2.05) is 37.3 Å². The first kappa shape index (κ1) is 17.7. The number of hydrogen-bond donors (Lipinski definition) is 1. The van der Waals surface area contributed by atoms with Crippen LogP contribution in [0.15, 0.2) is 64.8 Å². The summed E-state index contributed by atoms with van der Waals surface area (Å²) in [6, 6.07) is 14.8. The summed E-state index contributed by atoms with van der Waals surface area (Å²) < 4.78 is 5.27. The van der Waals surface area contributed by atoms with Gasteiger partial charge in [-0.05, 0) is 31.2 Å². The predicted molar refractivity (Wildman–Crippen MR) is 100 cm³/mol. The van der Waals surface area contributed by atoms with Gasteiger partial charge in [0.2, 0.25) is 5.82 Å². The molecule has 0 unspecified atom stereocenters. The molecule has 0 saturated heterocycles. The van der Waals surface area contributed by atoms with Gasteiger partial charge in [0.25, 0.3) is 0 Å². The van der Waals surface area contributed by atoms with Crippen LogP contribution in [0.3, 0.4) is 0 Å². The zero-order valence-corrected chi connectivity index (χ0v) is 15.0. The molecule has 0 saturated carbocycles. The summed E-state index contributed by atoms with van der Waals surface area (Å²) in [6.07, 6.45) is 1.31. The number of hydrogen-bond acceptors (Lipinski definition) is 7. The molecular formula is C18H16N4O3S. The van der Waals surface area contributed by atoms with Crippen LogP contribution in [0.25, 0.3) is 0 Å². The van der Waals surface area contributed by atoms with Gasteiger partial charge in [0.1, 0.15) is 12.1 Å². The third-order valence-electron chi connectivity index (χ3n) is 3.57. The van der Waals surface area contributed by atoms with Gasteiger partial charge in [-0.2, -0.15) is 0 Å².